The molecule has 31 heavy (non-hydrogen) atoms. The largest absolute Gasteiger partial charge is 0.472 e. The SMILES string of the molecule is CC(=O)OC[C@@]12[C@H](CCC[C@]13CO3)[C@@](C)([C@@H]1C[C@H]3C=CO[C@H]3O1)[C@H](C)C[C@H]2OC(C)=O. The van der Waals surface area contributed by atoms with Gasteiger partial charge in [-0.3, -0.25) is 9.59 Å². The average molecular weight is 435 g/mol. The molecule has 3 aliphatic heterocycles. The van der Waals surface area contributed by atoms with Gasteiger partial charge >= 0.3 is 11.9 Å². The van der Waals surface area contributed by atoms with Gasteiger partial charge < -0.3 is 23.7 Å². The lowest BCUT2D eigenvalue weighted by Gasteiger charge is -2.64. The fourth-order valence-corrected chi connectivity index (χ4v) is 7.46. The van der Waals surface area contributed by atoms with E-state index in [0.29, 0.717) is 13.0 Å². The molecule has 0 unspecified atom stereocenters. The van der Waals surface area contributed by atoms with Gasteiger partial charge in [0.2, 0.25) is 6.29 Å². The van der Waals surface area contributed by atoms with Gasteiger partial charge in [-0.25, -0.2) is 0 Å². The molecular formula is C24H34O7. The summed E-state index contributed by atoms with van der Waals surface area (Å²) in [5.74, 6) is 0.0539. The van der Waals surface area contributed by atoms with E-state index in [1.54, 1.807) is 6.26 Å². The third-order valence-electron chi connectivity index (χ3n) is 9.18. The van der Waals surface area contributed by atoms with Crippen molar-refractivity contribution >= 4 is 11.9 Å². The first-order valence-corrected chi connectivity index (χ1v) is 11.6. The van der Waals surface area contributed by atoms with Crippen LogP contribution in [0.3, 0.4) is 0 Å². The van der Waals surface area contributed by atoms with Gasteiger partial charge in [-0.15, -0.1) is 0 Å². The summed E-state index contributed by atoms with van der Waals surface area (Å²) in [5.41, 5.74) is -1.16. The van der Waals surface area contributed by atoms with Crippen LogP contribution in [-0.2, 0) is 33.3 Å². The molecule has 2 saturated heterocycles. The fraction of sp³-hybridized carbons (Fsp3) is 0.833. The Labute approximate surface area is 183 Å². The fourth-order valence-electron chi connectivity index (χ4n) is 7.46. The summed E-state index contributed by atoms with van der Waals surface area (Å²) in [6.07, 6.45) is 7.82. The molecule has 7 nitrogen and oxygen atoms in total. The van der Waals surface area contributed by atoms with Gasteiger partial charge in [0.15, 0.2) is 0 Å². The molecule has 7 heteroatoms. The number of hydrogen-bond acceptors (Lipinski definition) is 7. The molecule has 5 aliphatic rings. The van der Waals surface area contributed by atoms with Gasteiger partial charge in [0.05, 0.1) is 24.4 Å². The minimum atomic E-state index is -0.568. The van der Waals surface area contributed by atoms with E-state index in [-0.39, 0.29) is 60.2 Å². The average Bonchev–Trinajstić information content (AvgIpc) is 3.15. The van der Waals surface area contributed by atoms with Crippen LogP contribution in [-0.4, -0.2) is 49.3 Å². The van der Waals surface area contributed by atoms with E-state index in [2.05, 4.69) is 19.9 Å². The van der Waals surface area contributed by atoms with Gasteiger partial charge in [-0.05, 0) is 43.6 Å². The van der Waals surface area contributed by atoms with Crippen molar-refractivity contribution in [1.82, 2.24) is 0 Å². The zero-order valence-electron chi connectivity index (χ0n) is 18.9. The monoisotopic (exact) mass is 434 g/mol. The van der Waals surface area contributed by atoms with Gasteiger partial charge in [-0.1, -0.05) is 20.3 Å². The number of carbonyl (C=O) groups excluding carboxylic acids is 2. The van der Waals surface area contributed by atoms with E-state index in [0.717, 1.165) is 25.7 Å². The highest BCUT2D eigenvalue weighted by atomic mass is 16.7. The predicted molar refractivity (Wildman–Crippen MR) is 110 cm³/mol. The number of epoxide rings is 1. The Balaban J connectivity index is 1.58. The molecule has 4 fully saturated rings. The van der Waals surface area contributed by atoms with Gasteiger partial charge in [0, 0.05) is 25.2 Å². The second-order valence-electron chi connectivity index (χ2n) is 10.5. The van der Waals surface area contributed by atoms with Crippen molar-refractivity contribution in [1.29, 1.82) is 0 Å². The summed E-state index contributed by atoms with van der Waals surface area (Å²) < 4.78 is 30.0. The van der Waals surface area contributed by atoms with Crippen LogP contribution in [0.1, 0.15) is 59.8 Å². The highest BCUT2D eigenvalue weighted by molar-refractivity contribution is 5.67. The van der Waals surface area contributed by atoms with Crippen LogP contribution >= 0.6 is 0 Å². The highest BCUT2D eigenvalue weighted by Gasteiger charge is 2.76. The van der Waals surface area contributed by atoms with Crippen molar-refractivity contribution < 1.29 is 33.3 Å². The maximum atomic E-state index is 12.1. The summed E-state index contributed by atoms with van der Waals surface area (Å²) in [7, 11) is 0. The van der Waals surface area contributed by atoms with Crippen molar-refractivity contribution in [3.8, 4) is 0 Å². The first-order chi connectivity index (χ1) is 14.7. The Morgan fingerprint density at radius 1 is 1.19 bits per heavy atom. The van der Waals surface area contributed by atoms with E-state index in [1.807, 2.05) is 0 Å². The molecule has 5 rings (SSSR count). The van der Waals surface area contributed by atoms with Crippen molar-refractivity contribution in [2.45, 2.75) is 83.9 Å². The zero-order valence-corrected chi connectivity index (χ0v) is 18.9. The van der Waals surface area contributed by atoms with E-state index in [9.17, 15) is 9.59 Å². The van der Waals surface area contributed by atoms with Gasteiger partial charge in [-0.2, -0.15) is 0 Å². The van der Waals surface area contributed by atoms with E-state index < -0.39 is 11.0 Å². The second-order valence-corrected chi connectivity index (χ2v) is 10.5. The molecule has 0 N–H and O–H groups in total. The van der Waals surface area contributed by atoms with Crippen LogP contribution in [0.5, 0.6) is 0 Å². The molecule has 172 valence electrons. The molecule has 0 amide bonds. The van der Waals surface area contributed by atoms with Gasteiger partial charge in [0.1, 0.15) is 18.3 Å². The maximum absolute atomic E-state index is 12.1. The number of hydrogen-bond donors (Lipinski definition) is 0. The summed E-state index contributed by atoms with van der Waals surface area (Å²) in [5, 5.41) is 0. The van der Waals surface area contributed by atoms with Crippen LogP contribution in [0.15, 0.2) is 12.3 Å². The Bertz CT molecular complexity index is 789. The Morgan fingerprint density at radius 3 is 2.61 bits per heavy atom. The lowest BCUT2D eigenvalue weighted by molar-refractivity contribution is -0.253. The smallest absolute Gasteiger partial charge is 0.302 e. The molecule has 2 aliphatic carbocycles. The lowest BCUT2D eigenvalue weighted by Crippen LogP contribution is -2.69. The Kier molecular flexibility index (Phi) is 4.94. The van der Waals surface area contributed by atoms with E-state index in [4.69, 9.17) is 23.7 Å². The molecule has 0 bridgehead atoms. The van der Waals surface area contributed by atoms with Crippen LogP contribution < -0.4 is 0 Å². The molecule has 0 radical (unpaired) electrons. The summed E-state index contributed by atoms with van der Waals surface area (Å²) in [6.45, 7) is 8.30. The van der Waals surface area contributed by atoms with Crippen molar-refractivity contribution in [2.24, 2.45) is 28.6 Å². The molecule has 1 spiro atoms. The number of rotatable bonds is 4. The minimum Gasteiger partial charge on any atom is -0.472 e. The highest BCUT2D eigenvalue weighted by Crippen LogP contribution is 2.70. The number of ether oxygens (including phenoxy) is 5. The lowest BCUT2D eigenvalue weighted by atomic mass is 9.42. The first-order valence-electron chi connectivity index (χ1n) is 11.6. The molecule has 0 aromatic heterocycles. The van der Waals surface area contributed by atoms with Crippen LogP contribution in [0, 0.1) is 28.6 Å². The van der Waals surface area contributed by atoms with E-state index >= 15 is 0 Å². The number of fused-ring (bicyclic) bond motifs is 3. The topological polar surface area (TPSA) is 83.6 Å². The number of carbonyl (C=O) groups is 2. The maximum Gasteiger partial charge on any atom is 0.302 e. The van der Waals surface area contributed by atoms with Crippen LogP contribution in [0.25, 0.3) is 0 Å². The van der Waals surface area contributed by atoms with E-state index in [1.165, 1.54) is 13.8 Å². The second kappa shape index (κ2) is 7.20. The van der Waals surface area contributed by atoms with Gasteiger partial charge in [0.25, 0.3) is 0 Å². The quantitative estimate of drug-likeness (QED) is 0.496. The minimum absolute atomic E-state index is 0.0244. The van der Waals surface area contributed by atoms with Crippen molar-refractivity contribution in [2.75, 3.05) is 13.2 Å². The molecule has 3 heterocycles. The Hall–Kier alpha value is -1.60. The standard InChI is InChI=1S/C24H34O7/c1-14-10-20(30-16(3)26)24(13-28-15(2)25)18(6-5-8-23(24)12-29-23)22(14,4)19-11-17-7-9-27-21(17)31-19/h7,9,14,17-21H,5-6,8,10-13H2,1-4H3/t14-,17-,18-,19+,20-,21+,22+,23+,24+/m1/s1. The van der Waals surface area contributed by atoms with Crippen LogP contribution in [0.4, 0.5) is 0 Å². The third kappa shape index (κ3) is 2.99. The first kappa shape index (κ1) is 21.3. The summed E-state index contributed by atoms with van der Waals surface area (Å²) >= 11 is 0. The van der Waals surface area contributed by atoms with Crippen LogP contribution in [0.2, 0.25) is 0 Å². The summed E-state index contributed by atoms with van der Waals surface area (Å²) in [6, 6.07) is 0. The molecule has 0 aromatic carbocycles. The Morgan fingerprint density at radius 2 is 1.97 bits per heavy atom. The third-order valence-corrected chi connectivity index (χ3v) is 9.18. The van der Waals surface area contributed by atoms with Crippen molar-refractivity contribution in [3.63, 3.8) is 0 Å². The van der Waals surface area contributed by atoms with Crippen molar-refractivity contribution in [3.05, 3.63) is 12.3 Å². The zero-order chi connectivity index (χ0) is 22.0. The summed E-state index contributed by atoms with van der Waals surface area (Å²) in [4.78, 5) is 24.0. The normalized spacial score (nSPS) is 49.8. The molecule has 0 aromatic rings. The predicted octanol–water partition coefficient (Wildman–Crippen LogP) is 3.36. The molecular weight excluding hydrogens is 400 g/mol. The molecule has 2 saturated carbocycles. The molecule has 9 atom stereocenters. The number of esters is 2.